The molecule has 5 rings (SSSR count). The Bertz CT molecular complexity index is 1430. The van der Waals surface area contributed by atoms with Crippen LogP contribution in [-0.2, 0) is 22.6 Å². The Morgan fingerprint density at radius 1 is 1.08 bits per heavy atom. The van der Waals surface area contributed by atoms with Crippen LogP contribution in [0, 0.1) is 6.92 Å². The highest BCUT2D eigenvalue weighted by atomic mass is 16.5. The third kappa shape index (κ3) is 5.51. The molecule has 3 heterocycles. The highest BCUT2D eigenvalue weighted by Crippen LogP contribution is 2.19. The fraction of sp³-hybridized carbons (Fsp3) is 0.500. The molecule has 1 aliphatic carbocycles. The van der Waals surface area contributed by atoms with Crippen molar-refractivity contribution in [1.82, 2.24) is 24.6 Å². The molecule has 0 spiro atoms. The molecule has 37 heavy (non-hydrogen) atoms. The predicted octanol–water partition coefficient (Wildman–Crippen LogP) is 2.07. The first-order valence-corrected chi connectivity index (χ1v) is 12.9. The fourth-order valence-corrected chi connectivity index (χ4v) is 5.19. The molecule has 1 unspecified atom stereocenters. The summed E-state index contributed by atoms with van der Waals surface area (Å²) in [5.41, 5.74) is 0.270. The smallest absolute Gasteiger partial charge is 0.332 e. The number of amides is 2. The summed E-state index contributed by atoms with van der Waals surface area (Å²) in [7, 11) is 0. The maximum absolute atomic E-state index is 13.5. The van der Waals surface area contributed by atoms with Crippen molar-refractivity contribution in [3.8, 4) is 0 Å². The molecule has 11 nitrogen and oxygen atoms in total. The number of aryl methyl sites for hydroxylation is 1. The summed E-state index contributed by atoms with van der Waals surface area (Å²) in [5.74, 6) is -0.401. The molecule has 2 aliphatic rings. The number of carbonyl (C=O) groups excluding carboxylic acids is 2. The minimum Gasteiger partial charge on any atom is -0.376 e. The van der Waals surface area contributed by atoms with E-state index in [1.807, 2.05) is 6.92 Å². The topological polar surface area (TPSA) is 140 Å². The van der Waals surface area contributed by atoms with Gasteiger partial charge in [-0.15, -0.1) is 0 Å². The van der Waals surface area contributed by atoms with Crippen molar-refractivity contribution in [2.45, 2.75) is 77.1 Å². The second-order valence-corrected chi connectivity index (χ2v) is 9.94. The van der Waals surface area contributed by atoms with Gasteiger partial charge in [-0.05, 0) is 50.8 Å². The minimum atomic E-state index is -0.619. The molecular weight excluding hydrogens is 476 g/mol. The van der Waals surface area contributed by atoms with Gasteiger partial charge in [0.15, 0.2) is 5.82 Å². The van der Waals surface area contributed by atoms with E-state index in [0.717, 1.165) is 48.8 Å². The quantitative estimate of drug-likeness (QED) is 0.446. The van der Waals surface area contributed by atoms with Gasteiger partial charge < -0.3 is 15.4 Å². The summed E-state index contributed by atoms with van der Waals surface area (Å²) < 4.78 is 8.03. The van der Waals surface area contributed by atoms with Crippen LogP contribution in [0.15, 0.2) is 33.9 Å². The van der Waals surface area contributed by atoms with Crippen LogP contribution in [0.2, 0.25) is 0 Å². The summed E-state index contributed by atoms with van der Waals surface area (Å²) in [4.78, 5) is 52.8. The van der Waals surface area contributed by atoms with Crippen molar-refractivity contribution in [1.29, 1.82) is 0 Å². The Labute approximate surface area is 213 Å². The number of hydrogen-bond donors (Lipinski definition) is 3. The lowest BCUT2D eigenvalue weighted by Crippen LogP contribution is -2.44. The molecule has 1 saturated carbocycles. The maximum atomic E-state index is 13.5. The second kappa shape index (κ2) is 10.7. The zero-order valence-electron chi connectivity index (χ0n) is 20.9. The van der Waals surface area contributed by atoms with Crippen molar-refractivity contribution < 1.29 is 14.3 Å². The number of fused-ring (bicyclic) bond motifs is 1. The first-order valence-electron chi connectivity index (χ1n) is 12.9. The van der Waals surface area contributed by atoms with E-state index in [-0.39, 0.29) is 42.0 Å². The number of nitrogens with zero attached hydrogens (tertiary/aromatic N) is 3. The minimum absolute atomic E-state index is 0.109. The molecule has 196 valence electrons. The lowest BCUT2D eigenvalue weighted by atomic mass is 9.95. The average molecular weight is 509 g/mol. The summed E-state index contributed by atoms with van der Waals surface area (Å²) >= 11 is 0. The summed E-state index contributed by atoms with van der Waals surface area (Å²) in [6.45, 7) is 2.16. The van der Waals surface area contributed by atoms with Crippen molar-refractivity contribution in [2.24, 2.45) is 0 Å². The van der Waals surface area contributed by atoms with Crippen molar-refractivity contribution in [2.75, 3.05) is 11.9 Å². The van der Waals surface area contributed by atoms with Gasteiger partial charge in [0, 0.05) is 30.0 Å². The highest BCUT2D eigenvalue weighted by Gasteiger charge is 2.23. The molecule has 1 saturated heterocycles. The Kier molecular flexibility index (Phi) is 7.22. The van der Waals surface area contributed by atoms with Gasteiger partial charge >= 0.3 is 5.69 Å². The van der Waals surface area contributed by atoms with Crippen LogP contribution < -0.4 is 21.9 Å². The molecular formula is C26H32N6O5. The van der Waals surface area contributed by atoms with Crippen LogP contribution >= 0.6 is 0 Å². The highest BCUT2D eigenvalue weighted by molar-refractivity contribution is 5.98. The molecule has 3 N–H and O–H groups in total. The lowest BCUT2D eigenvalue weighted by molar-refractivity contribution is -0.116. The molecule has 1 atom stereocenters. The first kappa shape index (κ1) is 24.9. The third-order valence-electron chi connectivity index (χ3n) is 7.11. The van der Waals surface area contributed by atoms with Crippen molar-refractivity contribution in [3.63, 3.8) is 0 Å². The fourth-order valence-electron chi connectivity index (χ4n) is 5.19. The number of nitrogens with one attached hydrogen (secondary N) is 3. The first-order chi connectivity index (χ1) is 17.9. The van der Waals surface area contributed by atoms with Gasteiger partial charge in [-0.1, -0.05) is 19.3 Å². The monoisotopic (exact) mass is 508 g/mol. The normalized spacial score (nSPS) is 18.2. The van der Waals surface area contributed by atoms with Gasteiger partial charge in [0.1, 0.15) is 6.54 Å². The van der Waals surface area contributed by atoms with Crippen LogP contribution in [0.25, 0.3) is 10.9 Å². The zero-order chi connectivity index (χ0) is 25.9. The molecule has 11 heteroatoms. The van der Waals surface area contributed by atoms with Crippen LogP contribution in [0.1, 0.15) is 61.0 Å². The van der Waals surface area contributed by atoms with Gasteiger partial charge in [0.05, 0.1) is 23.6 Å². The number of aromatic amines is 1. The van der Waals surface area contributed by atoms with Crippen molar-refractivity contribution >= 4 is 28.5 Å². The van der Waals surface area contributed by atoms with E-state index in [4.69, 9.17) is 4.74 Å². The van der Waals surface area contributed by atoms with Gasteiger partial charge in [-0.25, -0.2) is 4.79 Å². The van der Waals surface area contributed by atoms with E-state index in [1.54, 1.807) is 18.2 Å². The van der Waals surface area contributed by atoms with Crippen LogP contribution in [-0.4, -0.2) is 49.9 Å². The molecule has 2 amide bonds. The Balaban J connectivity index is 1.51. The Hall–Kier alpha value is -3.73. The van der Waals surface area contributed by atoms with Gasteiger partial charge in [-0.2, -0.15) is 5.10 Å². The number of hydrogen-bond acceptors (Lipinski definition) is 6. The molecule has 2 fully saturated rings. The molecule has 2 aromatic heterocycles. The molecule has 0 radical (unpaired) electrons. The molecule has 1 aromatic carbocycles. The molecule has 3 aromatic rings. The number of aromatic nitrogens is 4. The molecule has 1 aliphatic heterocycles. The largest absolute Gasteiger partial charge is 0.376 e. The summed E-state index contributed by atoms with van der Waals surface area (Å²) in [6.07, 6.45) is 6.59. The number of benzene rings is 1. The third-order valence-corrected chi connectivity index (χ3v) is 7.11. The van der Waals surface area contributed by atoms with Crippen molar-refractivity contribution in [3.05, 3.63) is 56.4 Å². The van der Waals surface area contributed by atoms with E-state index < -0.39 is 17.2 Å². The number of H-pyrrole nitrogens is 1. The standard InChI is InChI=1S/C26H32N6O5/c1-16-12-22(30-29-16)28-23(33)15-31-21-13-17(24(34)27-18-6-3-2-4-7-18)9-10-20(21)25(35)32(26(31)36)14-19-8-5-11-37-19/h9-10,12-13,18-19H,2-8,11,14-15H2,1H3,(H,27,34)(H2,28,29,30,33). The van der Waals surface area contributed by atoms with Crippen LogP contribution in [0.4, 0.5) is 5.82 Å². The van der Waals surface area contributed by atoms with Crippen LogP contribution in [0.5, 0.6) is 0 Å². The van der Waals surface area contributed by atoms with E-state index in [9.17, 15) is 19.2 Å². The number of ether oxygens (including phenoxy) is 1. The average Bonchev–Trinajstić information content (AvgIpc) is 3.56. The van der Waals surface area contributed by atoms with Gasteiger partial charge in [-0.3, -0.25) is 28.6 Å². The van der Waals surface area contributed by atoms with Crippen LogP contribution in [0.3, 0.4) is 0 Å². The summed E-state index contributed by atoms with van der Waals surface area (Å²) in [6, 6.07) is 6.47. The maximum Gasteiger partial charge on any atom is 0.332 e. The van der Waals surface area contributed by atoms with Gasteiger partial charge in [0.25, 0.3) is 11.5 Å². The zero-order valence-corrected chi connectivity index (χ0v) is 20.9. The van der Waals surface area contributed by atoms with E-state index >= 15 is 0 Å². The van der Waals surface area contributed by atoms with E-state index in [0.29, 0.717) is 18.0 Å². The summed E-state index contributed by atoms with van der Waals surface area (Å²) in [5, 5.41) is 12.8. The lowest BCUT2D eigenvalue weighted by Gasteiger charge is -2.23. The molecule has 0 bridgehead atoms. The van der Waals surface area contributed by atoms with E-state index in [2.05, 4.69) is 20.8 Å². The van der Waals surface area contributed by atoms with Gasteiger partial charge in [0.2, 0.25) is 5.91 Å². The Morgan fingerprint density at radius 3 is 2.59 bits per heavy atom. The Morgan fingerprint density at radius 2 is 1.89 bits per heavy atom. The number of carbonyl (C=O) groups is 2. The predicted molar refractivity (Wildman–Crippen MR) is 138 cm³/mol. The SMILES string of the molecule is Cc1cc(NC(=O)Cn2c(=O)n(CC3CCCO3)c(=O)c3ccc(C(=O)NC4CCCCC4)cc32)n[nH]1. The second-order valence-electron chi connectivity index (χ2n) is 9.94. The number of rotatable bonds is 7. The number of anilines is 1. The van der Waals surface area contributed by atoms with E-state index in [1.165, 1.54) is 17.1 Å².